The quantitative estimate of drug-likeness (QED) is 0.484. The summed E-state index contributed by atoms with van der Waals surface area (Å²) >= 11 is 0. The lowest BCUT2D eigenvalue weighted by Gasteiger charge is -2.09. The van der Waals surface area contributed by atoms with Crippen molar-refractivity contribution in [1.29, 1.82) is 0 Å². The second-order valence-electron chi connectivity index (χ2n) is 5.42. The molecular weight excluding hydrogens is 296 g/mol. The highest BCUT2D eigenvalue weighted by Crippen LogP contribution is 2.29. The molecule has 0 spiro atoms. The first-order valence-electron chi connectivity index (χ1n) is 7.20. The zero-order valence-electron chi connectivity index (χ0n) is 12.9. The SMILES string of the molecule is CC(=O)c1ccc(Nc2ccc(C[C@@H](C)O)cc2)c([N+](=O)[O-])c1. The summed E-state index contributed by atoms with van der Waals surface area (Å²) in [5.74, 6) is -0.220. The highest BCUT2D eigenvalue weighted by molar-refractivity contribution is 5.95. The van der Waals surface area contributed by atoms with Crippen molar-refractivity contribution < 1.29 is 14.8 Å². The van der Waals surface area contributed by atoms with Crippen LogP contribution in [0.1, 0.15) is 29.8 Å². The summed E-state index contributed by atoms with van der Waals surface area (Å²) in [7, 11) is 0. The molecule has 1 atom stereocenters. The molecule has 0 aromatic heterocycles. The first-order valence-corrected chi connectivity index (χ1v) is 7.20. The van der Waals surface area contributed by atoms with Gasteiger partial charge in [-0.2, -0.15) is 0 Å². The topological polar surface area (TPSA) is 92.5 Å². The fraction of sp³-hybridized carbons (Fsp3) is 0.235. The molecule has 0 saturated heterocycles. The molecule has 120 valence electrons. The Bertz CT molecular complexity index is 724. The third-order valence-electron chi connectivity index (χ3n) is 3.37. The first-order chi connectivity index (χ1) is 10.9. The number of hydrogen-bond acceptors (Lipinski definition) is 5. The van der Waals surface area contributed by atoms with Crippen molar-refractivity contribution in [2.24, 2.45) is 0 Å². The average Bonchev–Trinajstić information content (AvgIpc) is 2.48. The largest absolute Gasteiger partial charge is 0.393 e. The smallest absolute Gasteiger partial charge is 0.293 e. The third kappa shape index (κ3) is 4.37. The van der Waals surface area contributed by atoms with Gasteiger partial charge in [-0.3, -0.25) is 14.9 Å². The maximum Gasteiger partial charge on any atom is 0.293 e. The number of carbonyl (C=O) groups is 1. The predicted molar refractivity (Wildman–Crippen MR) is 88.2 cm³/mol. The Labute approximate surface area is 133 Å². The number of nitro groups is 1. The van der Waals surface area contributed by atoms with Crippen LogP contribution in [-0.4, -0.2) is 21.9 Å². The van der Waals surface area contributed by atoms with E-state index in [1.807, 2.05) is 12.1 Å². The van der Waals surface area contributed by atoms with Crippen molar-refractivity contribution in [1.82, 2.24) is 0 Å². The van der Waals surface area contributed by atoms with E-state index in [0.29, 0.717) is 23.4 Å². The Morgan fingerprint density at radius 2 is 1.91 bits per heavy atom. The first kappa shape index (κ1) is 16.6. The summed E-state index contributed by atoms with van der Waals surface area (Å²) < 4.78 is 0. The Hall–Kier alpha value is -2.73. The van der Waals surface area contributed by atoms with E-state index in [1.165, 1.54) is 19.1 Å². The number of rotatable bonds is 6. The molecule has 0 amide bonds. The molecule has 0 fully saturated rings. The summed E-state index contributed by atoms with van der Waals surface area (Å²) in [5.41, 5.74) is 2.15. The molecule has 0 unspecified atom stereocenters. The number of aliphatic hydroxyl groups is 1. The number of ketones is 1. The zero-order chi connectivity index (χ0) is 17.0. The van der Waals surface area contributed by atoms with Gasteiger partial charge in [0.05, 0.1) is 11.0 Å². The molecule has 0 bridgehead atoms. The lowest BCUT2D eigenvalue weighted by Crippen LogP contribution is -2.04. The van der Waals surface area contributed by atoms with E-state index in [-0.39, 0.29) is 11.5 Å². The van der Waals surface area contributed by atoms with Crippen LogP contribution in [0, 0.1) is 10.1 Å². The lowest BCUT2D eigenvalue weighted by atomic mass is 10.1. The van der Waals surface area contributed by atoms with Crippen molar-refractivity contribution in [3.8, 4) is 0 Å². The summed E-state index contributed by atoms with van der Waals surface area (Å²) in [6.07, 6.45) is 0.127. The van der Waals surface area contributed by atoms with Crippen molar-refractivity contribution in [3.05, 3.63) is 63.7 Å². The molecule has 0 aliphatic carbocycles. The molecule has 23 heavy (non-hydrogen) atoms. The summed E-state index contributed by atoms with van der Waals surface area (Å²) in [4.78, 5) is 22.0. The van der Waals surface area contributed by atoms with Gasteiger partial charge in [0.25, 0.3) is 5.69 Å². The maximum atomic E-state index is 11.4. The monoisotopic (exact) mass is 314 g/mol. The standard InChI is InChI=1S/C17H18N2O4/c1-11(20)9-13-3-6-15(7-4-13)18-16-8-5-14(12(2)21)10-17(16)19(22)23/h3-8,10-11,18,20H,9H2,1-2H3/t11-/m1/s1. The van der Waals surface area contributed by atoms with Crippen LogP contribution in [0.3, 0.4) is 0 Å². The van der Waals surface area contributed by atoms with Crippen LogP contribution in [0.15, 0.2) is 42.5 Å². The number of hydrogen-bond donors (Lipinski definition) is 2. The molecule has 2 aromatic rings. The number of carbonyl (C=O) groups excluding carboxylic acids is 1. The van der Waals surface area contributed by atoms with Crippen molar-refractivity contribution in [3.63, 3.8) is 0 Å². The van der Waals surface area contributed by atoms with E-state index in [4.69, 9.17) is 0 Å². The molecule has 6 nitrogen and oxygen atoms in total. The Morgan fingerprint density at radius 3 is 2.43 bits per heavy atom. The zero-order valence-corrected chi connectivity index (χ0v) is 12.9. The molecule has 0 aliphatic rings. The number of benzene rings is 2. The predicted octanol–water partition coefficient (Wildman–Crippen LogP) is 3.46. The second kappa shape index (κ2) is 7.02. The lowest BCUT2D eigenvalue weighted by molar-refractivity contribution is -0.383. The number of nitrogens with one attached hydrogen (secondary N) is 1. The highest BCUT2D eigenvalue weighted by Gasteiger charge is 2.16. The molecule has 0 radical (unpaired) electrons. The van der Waals surface area contributed by atoms with Gasteiger partial charge in [0.15, 0.2) is 5.78 Å². The van der Waals surface area contributed by atoms with Gasteiger partial charge in [0.1, 0.15) is 5.69 Å². The van der Waals surface area contributed by atoms with Gasteiger partial charge in [-0.1, -0.05) is 12.1 Å². The normalized spacial score (nSPS) is 11.8. The fourth-order valence-electron chi connectivity index (χ4n) is 2.23. The van der Waals surface area contributed by atoms with Gasteiger partial charge < -0.3 is 10.4 Å². The summed E-state index contributed by atoms with van der Waals surface area (Å²) in [5, 5.41) is 23.5. The number of nitrogens with zero attached hydrogens (tertiary/aromatic N) is 1. The van der Waals surface area contributed by atoms with E-state index in [0.717, 1.165) is 5.56 Å². The average molecular weight is 314 g/mol. The Morgan fingerprint density at radius 1 is 1.26 bits per heavy atom. The highest BCUT2D eigenvalue weighted by atomic mass is 16.6. The molecular formula is C17H18N2O4. The van der Waals surface area contributed by atoms with Crippen LogP contribution in [0.5, 0.6) is 0 Å². The third-order valence-corrected chi connectivity index (χ3v) is 3.37. The molecule has 6 heteroatoms. The van der Waals surface area contributed by atoms with Crippen LogP contribution in [0.25, 0.3) is 0 Å². The van der Waals surface area contributed by atoms with Crippen LogP contribution < -0.4 is 5.32 Å². The minimum absolute atomic E-state index is 0.147. The molecule has 0 saturated carbocycles. The summed E-state index contributed by atoms with van der Waals surface area (Å²) in [6.45, 7) is 3.08. The van der Waals surface area contributed by atoms with Crippen molar-refractivity contribution >= 4 is 22.8 Å². The molecule has 0 heterocycles. The van der Waals surface area contributed by atoms with Crippen molar-refractivity contribution in [2.75, 3.05) is 5.32 Å². The van der Waals surface area contributed by atoms with Gasteiger partial charge in [-0.25, -0.2) is 0 Å². The van der Waals surface area contributed by atoms with Gasteiger partial charge in [0, 0.05) is 17.3 Å². The van der Waals surface area contributed by atoms with Gasteiger partial charge in [0.2, 0.25) is 0 Å². The molecule has 2 rings (SSSR count). The van der Waals surface area contributed by atoms with E-state index < -0.39 is 11.0 Å². The second-order valence-corrected chi connectivity index (χ2v) is 5.42. The Kier molecular flexibility index (Phi) is 5.08. The fourth-order valence-corrected chi connectivity index (χ4v) is 2.23. The maximum absolute atomic E-state index is 11.4. The number of anilines is 2. The minimum atomic E-state index is -0.517. The number of Topliss-reactive ketones (excluding diaryl/α,β-unsaturated/α-hetero) is 1. The van der Waals surface area contributed by atoms with Crippen LogP contribution in [0.4, 0.5) is 17.1 Å². The van der Waals surface area contributed by atoms with E-state index in [1.54, 1.807) is 25.1 Å². The molecule has 2 aromatic carbocycles. The van der Waals surface area contributed by atoms with Gasteiger partial charge >= 0.3 is 0 Å². The van der Waals surface area contributed by atoms with E-state index >= 15 is 0 Å². The van der Waals surface area contributed by atoms with Crippen molar-refractivity contribution in [2.45, 2.75) is 26.4 Å². The van der Waals surface area contributed by atoms with Gasteiger partial charge in [-0.15, -0.1) is 0 Å². The summed E-state index contributed by atoms with van der Waals surface area (Å²) in [6, 6.07) is 11.6. The van der Waals surface area contributed by atoms with Crippen LogP contribution >= 0.6 is 0 Å². The number of aliphatic hydroxyl groups excluding tert-OH is 1. The van der Waals surface area contributed by atoms with E-state index in [9.17, 15) is 20.0 Å². The van der Waals surface area contributed by atoms with Crippen LogP contribution in [-0.2, 0) is 6.42 Å². The van der Waals surface area contributed by atoms with E-state index in [2.05, 4.69) is 5.32 Å². The van der Waals surface area contributed by atoms with Crippen LogP contribution in [0.2, 0.25) is 0 Å². The Balaban J connectivity index is 2.25. The van der Waals surface area contributed by atoms with Gasteiger partial charge in [-0.05, 0) is 50.1 Å². The minimum Gasteiger partial charge on any atom is -0.393 e. The number of nitro benzene ring substituents is 1. The molecule has 2 N–H and O–H groups in total. The molecule has 0 aliphatic heterocycles.